The summed E-state index contributed by atoms with van der Waals surface area (Å²) in [5.41, 5.74) is 0.0415. The number of carbonyl (C=O) groups is 4. The van der Waals surface area contributed by atoms with Crippen molar-refractivity contribution in [1.29, 1.82) is 0 Å². The summed E-state index contributed by atoms with van der Waals surface area (Å²) < 4.78 is 11.0. The van der Waals surface area contributed by atoms with Gasteiger partial charge in [0.05, 0.1) is 6.61 Å². The second kappa shape index (κ2) is 17.1. The molecule has 1 aliphatic carbocycles. The van der Waals surface area contributed by atoms with Gasteiger partial charge in [-0.25, -0.2) is 9.59 Å². The molecule has 9 heteroatoms. The smallest absolute Gasteiger partial charge is 0.408 e. The third-order valence-corrected chi connectivity index (χ3v) is 7.41. The Hall–Kier alpha value is -3.10. The normalized spacial score (nSPS) is 16.2. The van der Waals surface area contributed by atoms with Crippen molar-refractivity contribution in [2.45, 2.75) is 136 Å². The highest BCUT2D eigenvalue weighted by molar-refractivity contribution is 5.95. The minimum atomic E-state index is -1.08. The van der Waals surface area contributed by atoms with E-state index in [1.54, 1.807) is 27.7 Å². The molecule has 3 atom stereocenters. The van der Waals surface area contributed by atoms with E-state index in [4.69, 9.17) is 9.47 Å². The summed E-state index contributed by atoms with van der Waals surface area (Å²) in [6, 6.07) is 6.37. The van der Waals surface area contributed by atoms with Crippen LogP contribution in [0.4, 0.5) is 4.79 Å². The van der Waals surface area contributed by atoms with Crippen molar-refractivity contribution in [3.8, 4) is 0 Å². The maximum Gasteiger partial charge on any atom is 0.408 e. The molecule has 3 amide bonds. The molecule has 2 rings (SSSR count). The van der Waals surface area contributed by atoms with Gasteiger partial charge in [0.15, 0.2) is 0 Å². The molecule has 0 bridgehead atoms. The van der Waals surface area contributed by atoms with Crippen LogP contribution in [0.15, 0.2) is 30.3 Å². The molecule has 1 saturated carbocycles. The molecule has 0 saturated heterocycles. The molecule has 2 N–H and O–H groups in total. The van der Waals surface area contributed by atoms with Crippen molar-refractivity contribution < 1.29 is 28.7 Å². The fourth-order valence-corrected chi connectivity index (χ4v) is 5.44. The van der Waals surface area contributed by atoms with Gasteiger partial charge in [0.2, 0.25) is 11.8 Å². The number of carbonyl (C=O) groups excluding carboxylic acids is 4. The lowest BCUT2D eigenvalue weighted by Crippen LogP contribution is -2.63. The fourth-order valence-electron chi connectivity index (χ4n) is 5.44. The van der Waals surface area contributed by atoms with Crippen LogP contribution in [0, 0.1) is 5.92 Å². The summed E-state index contributed by atoms with van der Waals surface area (Å²) in [6.07, 6.45) is 6.31. The van der Waals surface area contributed by atoms with Gasteiger partial charge in [-0.15, -0.1) is 0 Å². The van der Waals surface area contributed by atoms with E-state index in [0.717, 1.165) is 44.1 Å². The summed E-state index contributed by atoms with van der Waals surface area (Å²) in [5.74, 6) is -1.70. The Morgan fingerprint density at radius 3 is 2.19 bits per heavy atom. The summed E-state index contributed by atoms with van der Waals surface area (Å²) >= 11 is 0. The van der Waals surface area contributed by atoms with Crippen LogP contribution in [-0.4, -0.2) is 65.2 Å². The summed E-state index contributed by atoms with van der Waals surface area (Å²) in [5, 5.41) is 5.95. The third kappa shape index (κ3) is 11.3. The Balaban J connectivity index is 2.59. The number of hydrogen-bond donors (Lipinski definition) is 2. The van der Waals surface area contributed by atoms with Crippen LogP contribution in [0.3, 0.4) is 0 Å². The van der Waals surface area contributed by atoms with Crippen LogP contribution in [0.25, 0.3) is 0 Å². The van der Waals surface area contributed by atoms with E-state index in [2.05, 4.69) is 10.6 Å². The van der Waals surface area contributed by atoms with Crippen molar-refractivity contribution in [3.05, 3.63) is 35.9 Å². The molecule has 1 aliphatic rings. The predicted molar refractivity (Wildman–Crippen MR) is 164 cm³/mol. The van der Waals surface area contributed by atoms with E-state index < -0.39 is 41.7 Å². The van der Waals surface area contributed by atoms with Gasteiger partial charge in [-0.3, -0.25) is 9.59 Å². The number of nitrogens with one attached hydrogen (secondary N) is 2. The van der Waals surface area contributed by atoms with Crippen LogP contribution in [0.1, 0.15) is 105 Å². The van der Waals surface area contributed by atoms with Crippen molar-refractivity contribution in [3.63, 3.8) is 0 Å². The number of unbranched alkanes of at least 4 members (excludes halogenated alkanes) is 1. The molecule has 0 aromatic heterocycles. The molecule has 0 aliphatic heterocycles. The van der Waals surface area contributed by atoms with E-state index in [9.17, 15) is 19.2 Å². The number of rotatable bonds is 14. The molecule has 1 aromatic rings. The highest BCUT2D eigenvalue weighted by Gasteiger charge is 2.44. The highest BCUT2D eigenvalue weighted by Crippen LogP contribution is 2.24. The average Bonchev–Trinajstić information content (AvgIpc) is 2.92. The van der Waals surface area contributed by atoms with E-state index in [1.807, 2.05) is 51.1 Å². The molecular weight excluding hydrogens is 534 g/mol. The van der Waals surface area contributed by atoms with Gasteiger partial charge in [0, 0.05) is 12.5 Å². The van der Waals surface area contributed by atoms with Gasteiger partial charge in [-0.05, 0) is 58.4 Å². The second-order valence-corrected chi connectivity index (χ2v) is 12.6. The number of hydrogen-bond acceptors (Lipinski definition) is 6. The van der Waals surface area contributed by atoms with E-state index in [-0.39, 0.29) is 30.9 Å². The zero-order valence-corrected chi connectivity index (χ0v) is 26.7. The lowest BCUT2D eigenvalue weighted by molar-refractivity contribution is -0.162. The number of nitrogens with zero attached hydrogens (tertiary/aromatic N) is 1. The van der Waals surface area contributed by atoms with Crippen molar-refractivity contribution >= 4 is 23.9 Å². The van der Waals surface area contributed by atoms with Crippen molar-refractivity contribution in [1.82, 2.24) is 15.5 Å². The largest absolute Gasteiger partial charge is 0.464 e. The predicted octanol–water partition coefficient (Wildman–Crippen LogP) is 5.55. The maximum absolute atomic E-state index is 14.7. The molecule has 0 heterocycles. The average molecular weight is 588 g/mol. The van der Waals surface area contributed by atoms with Crippen LogP contribution >= 0.6 is 0 Å². The number of amides is 3. The molecule has 236 valence electrons. The minimum absolute atomic E-state index is 0.0347. The molecule has 1 aromatic carbocycles. The first-order valence-corrected chi connectivity index (χ1v) is 15.7. The first kappa shape index (κ1) is 35.1. The van der Waals surface area contributed by atoms with Crippen LogP contribution in [0.5, 0.6) is 0 Å². The van der Waals surface area contributed by atoms with E-state index in [0.29, 0.717) is 12.8 Å². The molecule has 1 fully saturated rings. The first-order chi connectivity index (χ1) is 19.9. The van der Waals surface area contributed by atoms with Gasteiger partial charge < -0.3 is 25.0 Å². The van der Waals surface area contributed by atoms with Crippen molar-refractivity contribution in [2.75, 3.05) is 6.61 Å². The Morgan fingerprint density at radius 2 is 1.64 bits per heavy atom. The lowest BCUT2D eigenvalue weighted by Gasteiger charge is -2.40. The Labute approximate surface area is 252 Å². The number of ether oxygens (including phenoxy) is 2. The van der Waals surface area contributed by atoms with Crippen molar-refractivity contribution in [2.24, 2.45) is 5.92 Å². The first-order valence-electron chi connectivity index (χ1n) is 15.7. The zero-order chi connectivity index (χ0) is 31.3. The van der Waals surface area contributed by atoms with Gasteiger partial charge in [-0.2, -0.15) is 0 Å². The molecule has 0 radical (unpaired) electrons. The van der Waals surface area contributed by atoms with Gasteiger partial charge in [0.1, 0.15) is 23.7 Å². The van der Waals surface area contributed by atoms with Gasteiger partial charge in [-0.1, -0.05) is 83.2 Å². The van der Waals surface area contributed by atoms with E-state index >= 15 is 0 Å². The number of alkyl carbamates (subject to hydrolysis) is 1. The van der Waals surface area contributed by atoms with Crippen LogP contribution in [-0.2, 0) is 30.3 Å². The standard InChI is InChI=1S/C33H53N3O6/c1-8-10-21-27(29(37)34-25-19-15-12-16-20-25)36(28(23(3)4)31(39)41-9-2)30(38)26(22-24-17-13-11-14-18-24)35-32(40)42-33(5,6)7/h11,13-14,17-18,23,25-28H,8-10,12,15-16,19-22H2,1-7H3,(H,34,37)(H,35,40)/t26-,27?,28-/m0/s1. The fraction of sp³-hybridized carbons (Fsp3) is 0.697. The molecule has 9 nitrogen and oxygen atoms in total. The molecule has 0 spiro atoms. The van der Waals surface area contributed by atoms with Gasteiger partial charge in [0.25, 0.3) is 0 Å². The quantitative estimate of drug-likeness (QED) is 0.276. The minimum Gasteiger partial charge on any atom is -0.464 e. The van der Waals surface area contributed by atoms with Crippen LogP contribution in [0.2, 0.25) is 0 Å². The summed E-state index contributed by atoms with van der Waals surface area (Å²) in [6.45, 7) is 12.8. The number of benzene rings is 1. The topological polar surface area (TPSA) is 114 Å². The molecule has 1 unspecified atom stereocenters. The Morgan fingerprint density at radius 1 is 1.00 bits per heavy atom. The SMILES string of the molecule is CCCCC(C(=O)NC1CCCCC1)N(C(=O)[C@H](Cc1ccccc1)NC(=O)OC(C)(C)C)[C@H](C(=O)OCC)C(C)C. The Kier molecular flexibility index (Phi) is 14.3. The monoisotopic (exact) mass is 587 g/mol. The Bertz CT molecular complexity index is 1000. The number of esters is 1. The third-order valence-electron chi connectivity index (χ3n) is 7.41. The highest BCUT2D eigenvalue weighted by atomic mass is 16.6. The maximum atomic E-state index is 14.7. The molecular formula is C33H53N3O6. The summed E-state index contributed by atoms with van der Waals surface area (Å²) in [4.78, 5) is 56.5. The summed E-state index contributed by atoms with van der Waals surface area (Å²) in [7, 11) is 0. The van der Waals surface area contributed by atoms with Gasteiger partial charge >= 0.3 is 12.1 Å². The zero-order valence-electron chi connectivity index (χ0n) is 26.7. The lowest BCUT2D eigenvalue weighted by atomic mass is 9.93. The van der Waals surface area contributed by atoms with E-state index in [1.165, 1.54) is 4.90 Å². The molecule has 42 heavy (non-hydrogen) atoms. The van der Waals surface area contributed by atoms with Crippen LogP contribution < -0.4 is 10.6 Å². The second-order valence-electron chi connectivity index (χ2n) is 12.6.